The van der Waals surface area contributed by atoms with Crippen molar-refractivity contribution >= 4 is 28.6 Å². The topological polar surface area (TPSA) is 54.3 Å². The maximum atomic E-state index is 12.1. The van der Waals surface area contributed by atoms with Gasteiger partial charge in [0.1, 0.15) is 0 Å². The van der Waals surface area contributed by atoms with Gasteiger partial charge in [0, 0.05) is 48.5 Å². The van der Waals surface area contributed by atoms with Gasteiger partial charge in [0.15, 0.2) is 0 Å². The van der Waals surface area contributed by atoms with Gasteiger partial charge in [-0.05, 0) is 49.9 Å². The molecule has 0 aliphatic carbocycles. The number of thiazole rings is 1. The second kappa shape index (κ2) is 7.87. The van der Waals surface area contributed by atoms with Crippen LogP contribution in [0.3, 0.4) is 0 Å². The van der Waals surface area contributed by atoms with Gasteiger partial charge in [0.2, 0.25) is 5.91 Å². The van der Waals surface area contributed by atoms with Gasteiger partial charge in [-0.1, -0.05) is 18.3 Å². The Hall–Kier alpha value is -2.08. The van der Waals surface area contributed by atoms with E-state index in [4.69, 9.17) is 0 Å². The van der Waals surface area contributed by atoms with E-state index in [0.717, 1.165) is 30.4 Å². The zero-order valence-corrected chi connectivity index (χ0v) is 15.6. The number of carbonyl (C=O) groups excluding carboxylic acids is 1. The van der Waals surface area contributed by atoms with Gasteiger partial charge in [-0.2, -0.15) is 0 Å². The average molecular weight is 359 g/mol. The molecule has 0 bridgehead atoms. The Labute approximate surface area is 152 Å². The van der Waals surface area contributed by atoms with Crippen molar-refractivity contribution in [2.45, 2.75) is 39.7 Å². The van der Waals surface area contributed by atoms with Crippen molar-refractivity contribution in [2.75, 3.05) is 23.3 Å². The largest absolute Gasteiger partial charge is 0.372 e. The summed E-state index contributed by atoms with van der Waals surface area (Å²) in [5, 5.41) is 4.73. The Morgan fingerprint density at radius 1 is 1.24 bits per heavy atom. The molecule has 6 heteroatoms. The molecule has 0 radical (unpaired) electrons. The number of hydrogen-bond acceptors (Lipinski definition) is 4. The van der Waals surface area contributed by atoms with E-state index in [2.05, 4.69) is 29.3 Å². The van der Waals surface area contributed by atoms with Crippen LogP contribution in [0.2, 0.25) is 0 Å². The fourth-order valence-corrected chi connectivity index (χ4v) is 3.89. The average Bonchev–Trinajstić information content (AvgIpc) is 2.93. The van der Waals surface area contributed by atoms with E-state index in [1.807, 2.05) is 24.4 Å². The maximum absolute atomic E-state index is 12.1. The van der Waals surface area contributed by atoms with Crippen molar-refractivity contribution in [1.82, 2.24) is 4.57 Å². The summed E-state index contributed by atoms with van der Waals surface area (Å²) in [4.78, 5) is 26.2. The molecule has 1 aromatic carbocycles. The predicted molar refractivity (Wildman–Crippen MR) is 104 cm³/mol. The van der Waals surface area contributed by atoms with Gasteiger partial charge < -0.3 is 14.8 Å². The monoisotopic (exact) mass is 359 g/mol. The van der Waals surface area contributed by atoms with E-state index < -0.39 is 0 Å². The number of benzene rings is 1. The van der Waals surface area contributed by atoms with Crippen LogP contribution < -0.4 is 15.1 Å². The summed E-state index contributed by atoms with van der Waals surface area (Å²) in [5.41, 5.74) is 2.92. The zero-order valence-electron chi connectivity index (χ0n) is 14.8. The number of piperidine rings is 1. The van der Waals surface area contributed by atoms with Gasteiger partial charge in [-0.25, -0.2) is 0 Å². The summed E-state index contributed by atoms with van der Waals surface area (Å²) in [6, 6.07) is 8.04. The van der Waals surface area contributed by atoms with Crippen LogP contribution in [0.5, 0.6) is 0 Å². The molecule has 0 unspecified atom stereocenters. The smallest absolute Gasteiger partial charge is 0.307 e. The van der Waals surface area contributed by atoms with Gasteiger partial charge in [-0.15, -0.1) is 0 Å². The first-order valence-corrected chi connectivity index (χ1v) is 9.70. The molecule has 1 aliphatic heterocycles. The van der Waals surface area contributed by atoms with E-state index >= 15 is 0 Å². The second-order valence-corrected chi connectivity index (χ2v) is 7.63. The minimum atomic E-state index is -0.0722. The molecule has 1 amide bonds. The van der Waals surface area contributed by atoms with E-state index in [1.165, 1.54) is 29.9 Å². The van der Waals surface area contributed by atoms with Crippen LogP contribution in [0.1, 0.15) is 31.9 Å². The molecular weight excluding hydrogens is 334 g/mol. The van der Waals surface area contributed by atoms with Crippen LogP contribution in [0, 0.1) is 12.8 Å². The molecular formula is C19H25N3O2S. The summed E-state index contributed by atoms with van der Waals surface area (Å²) in [5.74, 6) is 0.742. The van der Waals surface area contributed by atoms with Crippen LogP contribution in [0.25, 0.3) is 0 Å². The highest BCUT2D eigenvalue weighted by atomic mass is 32.1. The summed E-state index contributed by atoms with van der Waals surface area (Å²) in [7, 11) is 0. The van der Waals surface area contributed by atoms with Crippen LogP contribution in [-0.2, 0) is 11.3 Å². The summed E-state index contributed by atoms with van der Waals surface area (Å²) in [6.07, 6.45) is 2.77. The van der Waals surface area contributed by atoms with E-state index in [1.54, 1.807) is 4.57 Å². The molecule has 0 saturated carbocycles. The molecule has 1 aromatic heterocycles. The Bertz CT molecular complexity index is 771. The molecule has 0 spiro atoms. The number of rotatable bonds is 5. The first kappa shape index (κ1) is 17.7. The molecule has 1 aliphatic rings. The van der Waals surface area contributed by atoms with Crippen molar-refractivity contribution < 1.29 is 4.79 Å². The lowest BCUT2D eigenvalue weighted by molar-refractivity contribution is -0.116. The van der Waals surface area contributed by atoms with Crippen molar-refractivity contribution in [1.29, 1.82) is 0 Å². The molecule has 0 atom stereocenters. The predicted octanol–water partition coefficient (Wildman–Crippen LogP) is 3.48. The lowest BCUT2D eigenvalue weighted by Crippen LogP contribution is -2.32. The number of hydrogen-bond donors (Lipinski definition) is 1. The van der Waals surface area contributed by atoms with Gasteiger partial charge in [-0.3, -0.25) is 9.59 Å². The number of aromatic nitrogens is 1. The van der Waals surface area contributed by atoms with Crippen LogP contribution in [-0.4, -0.2) is 23.6 Å². The molecule has 134 valence electrons. The van der Waals surface area contributed by atoms with Gasteiger partial charge in [0.25, 0.3) is 0 Å². The minimum Gasteiger partial charge on any atom is -0.372 e. The van der Waals surface area contributed by atoms with Crippen molar-refractivity contribution in [3.05, 3.63) is 45.0 Å². The molecule has 25 heavy (non-hydrogen) atoms. The lowest BCUT2D eigenvalue weighted by atomic mass is 9.99. The number of nitrogens with one attached hydrogen (secondary N) is 1. The lowest BCUT2D eigenvalue weighted by Gasteiger charge is -2.32. The zero-order chi connectivity index (χ0) is 17.8. The number of anilines is 2. The quantitative estimate of drug-likeness (QED) is 0.889. The third-order valence-electron chi connectivity index (χ3n) is 4.84. The summed E-state index contributed by atoms with van der Waals surface area (Å²) in [6.45, 7) is 6.81. The molecule has 1 N–H and O–H groups in total. The van der Waals surface area contributed by atoms with Gasteiger partial charge in [0.05, 0.1) is 0 Å². The molecule has 1 fully saturated rings. The standard InChI is InChI=1S/C19H25N3O2S/c1-14-7-10-21(11-8-14)17-5-3-16(4-6-17)20-18(23)9-12-22-15(2)13-25-19(22)24/h3-6,13-14H,7-12H2,1-2H3,(H,20,23). The molecule has 5 nitrogen and oxygen atoms in total. The van der Waals surface area contributed by atoms with Gasteiger partial charge >= 0.3 is 4.87 Å². The Kier molecular flexibility index (Phi) is 5.58. The van der Waals surface area contributed by atoms with E-state index in [-0.39, 0.29) is 10.8 Å². The van der Waals surface area contributed by atoms with E-state index in [9.17, 15) is 9.59 Å². The van der Waals surface area contributed by atoms with E-state index in [0.29, 0.717) is 13.0 Å². The molecule has 1 saturated heterocycles. The highest BCUT2D eigenvalue weighted by Gasteiger charge is 2.16. The first-order chi connectivity index (χ1) is 12.0. The molecule has 3 rings (SSSR count). The fraction of sp³-hybridized carbons (Fsp3) is 0.474. The number of amides is 1. The number of carbonyl (C=O) groups is 1. The molecule has 2 aromatic rings. The SMILES string of the molecule is Cc1csc(=O)n1CCC(=O)Nc1ccc(N2CCC(C)CC2)cc1. The second-order valence-electron chi connectivity index (χ2n) is 6.81. The summed E-state index contributed by atoms with van der Waals surface area (Å²) >= 11 is 1.17. The highest BCUT2D eigenvalue weighted by molar-refractivity contribution is 7.07. The minimum absolute atomic E-state index is 0.00879. The highest BCUT2D eigenvalue weighted by Crippen LogP contribution is 2.24. The van der Waals surface area contributed by atoms with Crippen molar-refractivity contribution in [2.24, 2.45) is 5.92 Å². The Balaban J connectivity index is 1.52. The van der Waals surface area contributed by atoms with Crippen LogP contribution in [0.4, 0.5) is 11.4 Å². The molecule has 2 heterocycles. The third kappa shape index (κ3) is 4.51. The maximum Gasteiger partial charge on any atom is 0.307 e. The van der Waals surface area contributed by atoms with Crippen molar-refractivity contribution in [3.63, 3.8) is 0 Å². The van der Waals surface area contributed by atoms with Crippen molar-refractivity contribution in [3.8, 4) is 0 Å². The Morgan fingerprint density at radius 2 is 1.92 bits per heavy atom. The first-order valence-electron chi connectivity index (χ1n) is 8.83. The number of nitrogens with zero attached hydrogens (tertiary/aromatic N) is 2. The normalized spacial score (nSPS) is 15.4. The Morgan fingerprint density at radius 3 is 2.52 bits per heavy atom. The summed E-state index contributed by atoms with van der Waals surface area (Å²) < 4.78 is 1.64. The third-order valence-corrected chi connectivity index (χ3v) is 5.72. The van der Waals surface area contributed by atoms with Crippen LogP contribution in [0.15, 0.2) is 34.4 Å². The van der Waals surface area contributed by atoms with Crippen LogP contribution >= 0.6 is 11.3 Å². The fourth-order valence-electron chi connectivity index (χ4n) is 3.13. The number of aryl methyl sites for hydroxylation is 1.